The topological polar surface area (TPSA) is 41.6 Å². The van der Waals surface area contributed by atoms with Crippen molar-refractivity contribution in [2.75, 3.05) is 19.7 Å². The molecule has 1 aliphatic rings. The summed E-state index contributed by atoms with van der Waals surface area (Å²) in [7, 11) is 0. The molecule has 1 aliphatic heterocycles. The minimum atomic E-state index is -0.0111. The monoisotopic (exact) mass is 338 g/mol. The van der Waals surface area contributed by atoms with Gasteiger partial charge in [0.25, 0.3) is 5.91 Å². The molecule has 2 aromatic carbocycles. The minimum absolute atomic E-state index is 0.0111. The second kappa shape index (κ2) is 8.67. The van der Waals surface area contributed by atoms with Crippen LogP contribution in [-0.4, -0.2) is 36.5 Å². The number of ether oxygens (including phenoxy) is 1. The van der Waals surface area contributed by atoms with Gasteiger partial charge in [0, 0.05) is 31.2 Å². The van der Waals surface area contributed by atoms with Crippen molar-refractivity contribution in [3.05, 3.63) is 65.7 Å². The Labute approximate surface area is 149 Å². The molecular formula is C21H26N2O2. The van der Waals surface area contributed by atoms with E-state index in [9.17, 15) is 4.79 Å². The van der Waals surface area contributed by atoms with Gasteiger partial charge in [0.2, 0.25) is 0 Å². The Kier molecular flexibility index (Phi) is 6.07. The first-order chi connectivity index (χ1) is 12.2. The number of nitrogens with one attached hydrogen (secondary N) is 1. The third-order valence-corrected chi connectivity index (χ3v) is 4.58. The van der Waals surface area contributed by atoms with Crippen molar-refractivity contribution >= 4 is 5.91 Å². The van der Waals surface area contributed by atoms with Crippen molar-refractivity contribution in [1.82, 2.24) is 10.2 Å². The summed E-state index contributed by atoms with van der Waals surface area (Å²) in [6, 6.07) is 18.2. The highest BCUT2D eigenvalue weighted by Gasteiger charge is 2.21. The van der Waals surface area contributed by atoms with Gasteiger partial charge in [-0.2, -0.15) is 0 Å². The van der Waals surface area contributed by atoms with E-state index in [1.54, 1.807) is 0 Å². The number of nitrogens with zero attached hydrogens (tertiary/aromatic N) is 1. The first-order valence-electron chi connectivity index (χ1n) is 9.04. The number of carbonyl (C=O) groups is 1. The largest absolute Gasteiger partial charge is 0.494 e. The Morgan fingerprint density at radius 3 is 2.60 bits per heavy atom. The summed E-state index contributed by atoms with van der Waals surface area (Å²) < 4.78 is 5.47. The number of hydrogen-bond donors (Lipinski definition) is 1. The van der Waals surface area contributed by atoms with Crippen molar-refractivity contribution in [2.45, 2.75) is 32.4 Å². The van der Waals surface area contributed by atoms with E-state index in [0.29, 0.717) is 12.2 Å². The van der Waals surface area contributed by atoms with E-state index >= 15 is 0 Å². The van der Waals surface area contributed by atoms with E-state index in [1.165, 1.54) is 5.56 Å². The maximum absolute atomic E-state index is 12.5. The van der Waals surface area contributed by atoms with Crippen LogP contribution in [-0.2, 0) is 6.54 Å². The quantitative estimate of drug-likeness (QED) is 0.877. The van der Waals surface area contributed by atoms with E-state index in [4.69, 9.17) is 4.74 Å². The number of carbonyl (C=O) groups excluding carboxylic acids is 1. The van der Waals surface area contributed by atoms with Crippen LogP contribution in [0.15, 0.2) is 54.6 Å². The zero-order chi connectivity index (χ0) is 17.5. The average molecular weight is 338 g/mol. The molecule has 0 aromatic heterocycles. The number of likely N-dealkylation sites (tertiary alicyclic amines) is 1. The Morgan fingerprint density at radius 2 is 1.88 bits per heavy atom. The molecule has 3 rings (SSSR count). The summed E-state index contributed by atoms with van der Waals surface area (Å²) in [6.45, 7) is 5.55. The van der Waals surface area contributed by atoms with Crippen molar-refractivity contribution < 1.29 is 9.53 Å². The molecule has 0 radical (unpaired) electrons. The van der Waals surface area contributed by atoms with Gasteiger partial charge in [-0.05, 0) is 43.5 Å². The fraction of sp³-hybridized carbons (Fsp3) is 0.381. The van der Waals surface area contributed by atoms with Crippen LogP contribution in [0.1, 0.15) is 35.7 Å². The highest BCUT2D eigenvalue weighted by atomic mass is 16.5. The van der Waals surface area contributed by atoms with Gasteiger partial charge in [-0.15, -0.1) is 0 Å². The van der Waals surface area contributed by atoms with Gasteiger partial charge in [0.1, 0.15) is 5.75 Å². The molecule has 4 nitrogen and oxygen atoms in total. The highest BCUT2D eigenvalue weighted by molar-refractivity contribution is 5.94. The molecule has 1 N–H and O–H groups in total. The smallest absolute Gasteiger partial charge is 0.251 e. The van der Waals surface area contributed by atoms with Gasteiger partial charge in [-0.3, -0.25) is 9.69 Å². The van der Waals surface area contributed by atoms with Crippen LogP contribution in [0.25, 0.3) is 0 Å². The van der Waals surface area contributed by atoms with Gasteiger partial charge in [0.15, 0.2) is 0 Å². The van der Waals surface area contributed by atoms with Crippen molar-refractivity contribution in [2.24, 2.45) is 0 Å². The molecule has 2 aromatic rings. The summed E-state index contributed by atoms with van der Waals surface area (Å²) >= 11 is 0. The number of hydrogen-bond acceptors (Lipinski definition) is 3. The van der Waals surface area contributed by atoms with Crippen molar-refractivity contribution in [3.8, 4) is 5.75 Å². The zero-order valence-corrected chi connectivity index (χ0v) is 14.8. The molecule has 0 aliphatic carbocycles. The lowest BCUT2D eigenvalue weighted by Gasteiger charge is -2.32. The van der Waals surface area contributed by atoms with Crippen molar-refractivity contribution in [3.63, 3.8) is 0 Å². The third-order valence-electron chi connectivity index (χ3n) is 4.58. The maximum Gasteiger partial charge on any atom is 0.251 e. The van der Waals surface area contributed by atoms with Crippen LogP contribution in [0.3, 0.4) is 0 Å². The molecule has 0 spiro atoms. The minimum Gasteiger partial charge on any atom is -0.494 e. The third kappa shape index (κ3) is 5.07. The molecule has 4 heteroatoms. The molecule has 0 bridgehead atoms. The molecule has 1 fully saturated rings. The second-order valence-electron chi connectivity index (χ2n) is 6.47. The molecule has 1 amide bonds. The standard InChI is InChI=1S/C21H26N2O2/c1-2-25-20-10-6-9-18(15-20)21(24)22-19-11-13-23(14-12-19)16-17-7-4-3-5-8-17/h3-10,15,19H,2,11-14,16H2,1H3,(H,22,24). The normalized spacial score (nSPS) is 15.7. The predicted octanol–water partition coefficient (Wildman–Crippen LogP) is 3.48. The summed E-state index contributed by atoms with van der Waals surface area (Å²) in [5.74, 6) is 0.732. The second-order valence-corrected chi connectivity index (χ2v) is 6.47. The van der Waals surface area contributed by atoms with Gasteiger partial charge in [0.05, 0.1) is 6.61 Å². The lowest BCUT2D eigenvalue weighted by molar-refractivity contribution is 0.0908. The number of rotatable bonds is 6. The lowest BCUT2D eigenvalue weighted by atomic mass is 10.0. The van der Waals surface area contributed by atoms with Crippen LogP contribution < -0.4 is 10.1 Å². The fourth-order valence-electron chi connectivity index (χ4n) is 3.24. The Hall–Kier alpha value is -2.33. The molecular weight excluding hydrogens is 312 g/mol. The zero-order valence-electron chi connectivity index (χ0n) is 14.8. The molecule has 1 heterocycles. The van der Waals surface area contributed by atoms with Crippen LogP contribution in [0.5, 0.6) is 5.75 Å². The van der Waals surface area contributed by atoms with Gasteiger partial charge < -0.3 is 10.1 Å². The molecule has 0 saturated carbocycles. The Morgan fingerprint density at radius 1 is 1.12 bits per heavy atom. The summed E-state index contributed by atoms with van der Waals surface area (Å²) in [5.41, 5.74) is 2.01. The Balaban J connectivity index is 1.48. The first kappa shape index (κ1) is 17.5. The van der Waals surface area contributed by atoms with Gasteiger partial charge in [-0.1, -0.05) is 36.4 Å². The van der Waals surface area contributed by atoms with E-state index in [2.05, 4.69) is 34.5 Å². The summed E-state index contributed by atoms with van der Waals surface area (Å²) in [5, 5.41) is 3.17. The molecule has 0 atom stereocenters. The van der Waals surface area contributed by atoms with E-state index in [-0.39, 0.29) is 11.9 Å². The lowest BCUT2D eigenvalue weighted by Crippen LogP contribution is -2.44. The van der Waals surface area contributed by atoms with E-state index in [0.717, 1.165) is 38.2 Å². The summed E-state index contributed by atoms with van der Waals surface area (Å²) in [4.78, 5) is 14.9. The van der Waals surface area contributed by atoms with Crippen LogP contribution >= 0.6 is 0 Å². The molecule has 25 heavy (non-hydrogen) atoms. The first-order valence-corrected chi connectivity index (χ1v) is 9.04. The van der Waals surface area contributed by atoms with Crippen LogP contribution in [0, 0.1) is 0 Å². The average Bonchev–Trinajstić information content (AvgIpc) is 2.65. The fourth-order valence-corrected chi connectivity index (χ4v) is 3.24. The number of amides is 1. The Bertz CT molecular complexity index is 679. The van der Waals surface area contributed by atoms with Crippen LogP contribution in [0.2, 0.25) is 0 Å². The highest BCUT2D eigenvalue weighted by Crippen LogP contribution is 2.16. The maximum atomic E-state index is 12.5. The molecule has 1 saturated heterocycles. The van der Waals surface area contributed by atoms with E-state index in [1.807, 2.05) is 37.3 Å². The number of benzene rings is 2. The predicted molar refractivity (Wildman–Crippen MR) is 99.8 cm³/mol. The van der Waals surface area contributed by atoms with Crippen LogP contribution in [0.4, 0.5) is 0 Å². The number of piperidine rings is 1. The van der Waals surface area contributed by atoms with Gasteiger partial charge in [-0.25, -0.2) is 0 Å². The van der Waals surface area contributed by atoms with Crippen molar-refractivity contribution in [1.29, 1.82) is 0 Å². The molecule has 132 valence electrons. The SMILES string of the molecule is CCOc1cccc(C(=O)NC2CCN(Cc3ccccc3)CC2)c1. The van der Waals surface area contributed by atoms with E-state index < -0.39 is 0 Å². The molecule has 0 unspecified atom stereocenters. The van der Waals surface area contributed by atoms with Gasteiger partial charge >= 0.3 is 0 Å². The summed E-state index contributed by atoms with van der Waals surface area (Å²) in [6.07, 6.45) is 1.98.